The fourth-order valence-electron chi connectivity index (χ4n) is 11.7. The summed E-state index contributed by atoms with van der Waals surface area (Å²) in [6, 6.07) is 58.1. The van der Waals surface area contributed by atoms with Gasteiger partial charge < -0.3 is 4.74 Å². The lowest BCUT2D eigenvalue weighted by molar-refractivity contribution is -0.570. The smallest absolute Gasteiger partial charge is 0.269 e. The van der Waals surface area contributed by atoms with Crippen molar-refractivity contribution in [2.24, 2.45) is 0 Å². The van der Waals surface area contributed by atoms with Gasteiger partial charge in [-0.1, -0.05) is 222 Å². The third-order valence-corrected chi connectivity index (χ3v) is 16.2. The van der Waals surface area contributed by atoms with Crippen LogP contribution in [0.1, 0.15) is 112 Å². The monoisotopic (exact) mass is 1060 g/mol. The number of ether oxygens (including phenoxy) is 1. The third kappa shape index (κ3) is 9.13. The highest BCUT2D eigenvalue weighted by molar-refractivity contribution is 6.09. The molecule has 0 saturated carbocycles. The Morgan fingerprint density at radius 3 is 1.68 bits per heavy atom. The molecule has 4 heterocycles. The molecule has 0 saturated heterocycles. The first-order valence-electron chi connectivity index (χ1n) is 30.7. The van der Waals surface area contributed by atoms with Crippen molar-refractivity contribution in [2.75, 3.05) is 0 Å². The summed E-state index contributed by atoms with van der Waals surface area (Å²) in [6.45, 7) is 27.2. The average molecular weight is 1060 g/mol. The number of imidazole rings is 1. The van der Waals surface area contributed by atoms with Crippen LogP contribution in [0.4, 0.5) is 0 Å². The third-order valence-electron chi connectivity index (χ3n) is 16.2. The van der Waals surface area contributed by atoms with E-state index < -0.39 is 18.1 Å². The molecule has 1 aliphatic heterocycles. The number of pyridine rings is 1. The lowest BCUT2D eigenvalue weighted by Gasteiger charge is -2.29. The zero-order chi connectivity index (χ0) is 60.7. The Kier molecular flexibility index (Phi) is 10.7. The first-order chi connectivity index (χ1) is 40.7. The second kappa shape index (κ2) is 18.9. The van der Waals surface area contributed by atoms with Gasteiger partial charge in [0.15, 0.2) is 0 Å². The first kappa shape index (κ1) is 46.0. The lowest BCUT2D eigenvalue weighted by atomic mass is 9.77. The molecule has 0 atom stereocenters. The molecule has 0 N–H and O–H groups in total. The van der Waals surface area contributed by atoms with Crippen LogP contribution in [0.2, 0.25) is 0 Å². The highest BCUT2D eigenvalue weighted by Gasteiger charge is 2.31. The normalized spacial score (nSPS) is 13.6. The van der Waals surface area contributed by atoms with Crippen LogP contribution < -0.4 is 9.30 Å². The predicted molar refractivity (Wildman–Crippen MR) is 338 cm³/mol. The zero-order valence-corrected chi connectivity index (χ0v) is 48.4. The Labute approximate surface area is 484 Å². The minimum absolute atomic E-state index is 0.0817. The molecule has 0 unspecified atom stereocenters. The van der Waals surface area contributed by atoms with E-state index in [2.05, 4.69) is 220 Å². The maximum absolute atomic E-state index is 9.41. The van der Waals surface area contributed by atoms with E-state index >= 15 is 0 Å². The fraction of sp³-hybridized carbons (Fsp3) is 0.211. The fourth-order valence-corrected chi connectivity index (χ4v) is 11.7. The topological polar surface area (TPSA) is 35.9 Å². The SMILES string of the molecule is [2H]c1c([2H])c([2H])c(-c2cc3c4c(c2)n(-c2cccc(Oc5ccc6c7ccccc7n(-c7cc(C(C)(C)C)ccn7)c6c5)c2)[c-][n+]4-c2c(-c4cc(C(C)(C)C)cc(C(C)(C)C)c4)cc(C(C)(C)C)cc2-c2ccccc2-c2ccccc2-3)c([2H])c1[2H]. The Morgan fingerprint density at radius 1 is 0.432 bits per heavy atom. The van der Waals surface area contributed by atoms with E-state index in [1.54, 1.807) is 0 Å². The number of benzene rings is 9. The summed E-state index contributed by atoms with van der Waals surface area (Å²) in [7, 11) is 0. The summed E-state index contributed by atoms with van der Waals surface area (Å²) < 4.78 is 58.8. The van der Waals surface area contributed by atoms with E-state index in [0.29, 0.717) is 22.6 Å². The quantitative estimate of drug-likeness (QED) is 0.123. The van der Waals surface area contributed by atoms with Crippen LogP contribution in [0.5, 0.6) is 11.5 Å². The predicted octanol–water partition coefficient (Wildman–Crippen LogP) is 19.8. The summed E-state index contributed by atoms with van der Waals surface area (Å²) in [5, 5.41) is 2.20. The molecule has 13 rings (SSSR count). The summed E-state index contributed by atoms with van der Waals surface area (Å²) in [6.07, 6.45) is 5.89. The van der Waals surface area contributed by atoms with Gasteiger partial charge >= 0.3 is 0 Å². The zero-order valence-electron chi connectivity index (χ0n) is 53.4. The molecule has 0 spiro atoms. The molecule has 0 bridgehead atoms. The molecule has 81 heavy (non-hydrogen) atoms. The van der Waals surface area contributed by atoms with Crippen molar-refractivity contribution in [1.82, 2.24) is 14.1 Å². The van der Waals surface area contributed by atoms with Gasteiger partial charge in [-0.25, -0.2) is 4.98 Å². The number of nitrogens with zero attached hydrogens (tertiary/aromatic N) is 4. The van der Waals surface area contributed by atoms with Crippen molar-refractivity contribution in [3.05, 3.63) is 235 Å². The molecule has 0 fully saturated rings. The van der Waals surface area contributed by atoms with Crippen LogP contribution in [0.15, 0.2) is 206 Å². The van der Waals surface area contributed by atoms with Gasteiger partial charge in [0.2, 0.25) is 0 Å². The Bertz CT molecular complexity index is 4730. The van der Waals surface area contributed by atoms with Crippen LogP contribution in [0.3, 0.4) is 0 Å². The van der Waals surface area contributed by atoms with E-state index in [0.717, 1.165) is 89.0 Å². The van der Waals surface area contributed by atoms with E-state index in [1.165, 1.54) is 22.3 Å². The summed E-state index contributed by atoms with van der Waals surface area (Å²) in [5.41, 5.74) is 17.9. The summed E-state index contributed by atoms with van der Waals surface area (Å²) in [4.78, 5) is 4.93. The maximum Gasteiger partial charge on any atom is 0.269 e. The molecule has 3 aromatic heterocycles. The van der Waals surface area contributed by atoms with Gasteiger partial charge in [0.1, 0.15) is 17.3 Å². The van der Waals surface area contributed by atoms with Crippen LogP contribution in [0.25, 0.3) is 106 Å². The Balaban J connectivity index is 1.12. The van der Waals surface area contributed by atoms with Crippen LogP contribution >= 0.6 is 0 Å². The maximum atomic E-state index is 9.41. The highest BCUT2D eigenvalue weighted by Crippen LogP contribution is 2.49. The Hall–Kier alpha value is -8.80. The van der Waals surface area contributed by atoms with Crippen LogP contribution in [0, 0.1) is 6.33 Å². The molecule has 12 aromatic rings. The number of hydrogen-bond acceptors (Lipinski definition) is 2. The van der Waals surface area contributed by atoms with E-state index in [-0.39, 0.29) is 39.3 Å². The number of para-hydroxylation sites is 1. The van der Waals surface area contributed by atoms with Crippen LogP contribution in [-0.2, 0) is 21.7 Å². The molecule has 0 radical (unpaired) electrons. The van der Waals surface area contributed by atoms with Gasteiger partial charge in [0.05, 0.1) is 40.3 Å². The van der Waals surface area contributed by atoms with E-state index in [1.807, 2.05) is 59.3 Å². The van der Waals surface area contributed by atoms with Gasteiger partial charge in [0.25, 0.3) is 6.33 Å². The number of rotatable bonds is 6. The second-order valence-corrected chi connectivity index (χ2v) is 26.0. The summed E-state index contributed by atoms with van der Waals surface area (Å²) in [5.74, 6) is 2.06. The van der Waals surface area contributed by atoms with E-state index in [4.69, 9.17) is 13.8 Å². The molecule has 400 valence electrons. The molecular formula is C76H70N4O. The summed E-state index contributed by atoms with van der Waals surface area (Å²) >= 11 is 0. The van der Waals surface area contributed by atoms with Crippen molar-refractivity contribution in [3.63, 3.8) is 0 Å². The van der Waals surface area contributed by atoms with Gasteiger partial charge in [0, 0.05) is 23.0 Å². The number of hydrogen-bond donors (Lipinski definition) is 0. The Morgan fingerprint density at radius 2 is 1.01 bits per heavy atom. The van der Waals surface area contributed by atoms with Gasteiger partial charge in [-0.05, 0) is 154 Å². The molecule has 9 aromatic carbocycles. The first-order valence-corrected chi connectivity index (χ1v) is 28.2. The van der Waals surface area contributed by atoms with Crippen molar-refractivity contribution in [2.45, 2.75) is 105 Å². The lowest BCUT2D eigenvalue weighted by Crippen LogP contribution is -2.32. The van der Waals surface area contributed by atoms with Crippen molar-refractivity contribution in [3.8, 4) is 84.3 Å². The van der Waals surface area contributed by atoms with Crippen molar-refractivity contribution >= 4 is 32.8 Å². The largest absolute Gasteiger partial charge is 0.458 e. The molecule has 1 aliphatic rings. The number of aromatic nitrogens is 4. The van der Waals surface area contributed by atoms with Gasteiger partial charge in [-0.3, -0.25) is 13.7 Å². The minimum atomic E-state index is -0.444. The number of fused-ring (bicyclic) bond motifs is 10. The molecule has 0 aliphatic carbocycles. The van der Waals surface area contributed by atoms with Crippen molar-refractivity contribution < 1.29 is 16.2 Å². The highest BCUT2D eigenvalue weighted by atomic mass is 16.5. The van der Waals surface area contributed by atoms with Gasteiger partial charge in [-0.2, -0.15) is 0 Å². The molecule has 0 amide bonds. The standard InChI is InChI=1S/C76H70N4O/c1-73(2,3)51-35-36-77-70(44-51)80-67-32-21-20-31-62(67)63-34-33-57(46-68(63)80)81-56-26-22-25-55(45-56)78-47-79-71-64(50-37-52(74(4,5)6)41-53(38-50)75(7,8)9)42-54(76(10,11)12)43-66(71)61-30-19-17-28-59(61)58-27-16-18-29-60(58)65-39-49(40-69(78)72(65)79)48-23-14-13-15-24-48/h13-46H,1-12H3/i13D,14D,15D,23D,24D. The second-order valence-electron chi connectivity index (χ2n) is 26.0. The molecule has 5 nitrogen and oxygen atoms in total. The van der Waals surface area contributed by atoms with Gasteiger partial charge in [-0.15, -0.1) is 0 Å². The van der Waals surface area contributed by atoms with Crippen LogP contribution in [-0.4, -0.2) is 14.1 Å². The average Bonchev–Trinajstić information content (AvgIpc) is 1.88. The minimum Gasteiger partial charge on any atom is -0.458 e. The van der Waals surface area contributed by atoms with Crippen molar-refractivity contribution in [1.29, 1.82) is 0 Å². The van der Waals surface area contributed by atoms with E-state index in [9.17, 15) is 2.74 Å². The molecule has 5 heteroatoms. The molecular weight excluding hydrogens is 985 g/mol.